The van der Waals surface area contributed by atoms with Crippen LogP contribution in [0.1, 0.15) is 16.1 Å². The number of hydrogen-bond donors (Lipinski definition) is 0. The van der Waals surface area contributed by atoms with E-state index in [-0.39, 0.29) is 43.0 Å². The lowest BCUT2D eigenvalue weighted by atomic mass is 10.1. The van der Waals surface area contributed by atoms with Crippen LogP contribution in [0.25, 0.3) is 0 Å². The monoisotopic (exact) mass is 472 g/mol. The third kappa shape index (κ3) is 3.82. The average molecular weight is 472 g/mol. The lowest BCUT2D eigenvalue weighted by Crippen LogP contribution is -2.52. The van der Waals surface area contributed by atoms with Crippen LogP contribution in [0.3, 0.4) is 0 Å². The minimum absolute atomic E-state index is 0.0246. The molecule has 3 aliphatic rings. The fourth-order valence-corrected chi connectivity index (χ4v) is 4.68. The van der Waals surface area contributed by atoms with Gasteiger partial charge >= 0.3 is 10.2 Å². The summed E-state index contributed by atoms with van der Waals surface area (Å²) in [7, 11) is -2.82. The second kappa shape index (κ2) is 7.96. The maximum atomic E-state index is 13.3. The standard InChI is InChI=1S/C21H20N4O7S/c1-23-16(20(26)24-6-8-25(9-7-24)21(27)18-3-2-10-30-18)12-15(22-33(23,28)29)14-4-5-17-19(11-14)32-13-31-17/h2-5,10-12H,6-9,13H2,1H3. The molecule has 0 atom stereocenters. The number of hydrogen-bond acceptors (Lipinski definition) is 7. The molecule has 1 aromatic carbocycles. The van der Waals surface area contributed by atoms with Crippen molar-refractivity contribution in [2.24, 2.45) is 4.40 Å². The molecule has 12 heteroatoms. The van der Waals surface area contributed by atoms with Crippen molar-refractivity contribution in [3.05, 3.63) is 59.7 Å². The summed E-state index contributed by atoms with van der Waals surface area (Å²) in [4.78, 5) is 28.8. The number of ether oxygens (including phenoxy) is 2. The Morgan fingerprint density at radius 1 is 0.970 bits per heavy atom. The zero-order valence-corrected chi connectivity index (χ0v) is 18.4. The fourth-order valence-electron chi connectivity index (χ4n) is 3.78. The molecule has 2 aromatic rings. The molecule has 33 heavy (non-hydrogen) atoms. The van der Waals surface area contributed by atoms with Crippen molar-refractivity contribution >= 4 is 27.7 Å². The summed E-state index contributed by atoms with van der Waals surface area (Å²) in [5.74, 6) is 0.558. The Bertz CT molecular complexity index is 1280. The first kappa shape index (κ1) is 21.1. The topological polar surface area (TPSA) is 122 Å². The van der Waals surface area contributed by atoms with Crippen molar-refractivity contribution in [3.63, 3.8) is 0 Å². The maximum absolute atomic E-state index is 13.3. The highest BCUT2D eigenvalue weighted by molar-refractivity contribution is 7.88. The fraction of sp³-hybridized carbons (Fsp3) is 0.286. The van der Waals surface area contributed by atoms with Crippen molar-refractivity contribution in [3.8, 4) is 11.5 Å². The summed E-state index contributed by atoms with van der Waals surface area (Å²) in [6, 6.07) is 8.17. The van der Waals surface area contributed by atoms with Crippen molar-refractivity contribution in [1.29, 1.82) is 0 Å². The molecule has 0 aliphatic carbocycles. The van der Waals surface area contributed by atoms with Gasteiger partial charge in [-0.2, -0.15) is 8.42 Å². The smallest absolute Gasteiger partial charge is 0.345 e. The van der Waals surface area contributed by atoms with Crippen molar-refractivity contribution < 1.29 is 31.9 Å². The zero-order valence-electron chi connectivity index (χ0n) is 17.6. The first-order chi connectivity index (χ1) is 15.8. The normalized spacial score (nSPS) is 19.2. The van der Waals surface area contributed by atoms with E-state index in [2.05, 4.69) is 4.40 Å². The van der Waals surface area contributed by atoms with Gasteiger partial charge in [0.05, 0.1) is 12.0 Å². The minimum atomic E-state index is -4.10. The highest BCUT2D eigenvalue weighted by Crippen LogP contribution is 2.33. The number of piperazine rings is 1. The van der Waals surface area contributed by atoms with E-state index in [1.165, 1.54) is 24.3 Å². The first-order valence-corrected chi connectivity index (χ1v) is 11.6. The van der Waals surface area contributed by atoms with Gasteiger partial charge in [0.15, 0.2) is 17.3 Å². The van der Waals surface area contributed by atoms with E-state index in [4.69, 9.17) is 13.9 Å². The maximum Gasteiger partial charge on any atom is 0.345 e. The van der Waals surface area contributed by atoms with Crippen LogP contribution < -0.4 is 9.47 Å². The Morgan fingerprint density at radius 3 is 2.36 bits per heavy atom. The minimum Gasteiger partial charge on any atom is -0.459 e. The molecule has 4 heterocycles. The highest BCUT2D eigenvalue weighted by atomic mass is 32.2. The molecule has 0 unspecified atom stereocenters. The van der Waals surface area contributed by atoms with E-state index in [0.29, 0.717) is 30.2 Å². The van der Waals surface area contributed by atoms with Crippen LogP contribution in [0.5, 0.6) is 11.5 Å². The number of carbonyl (C=O) groups excluding carboxylic acids is 2. The second-order valence-corrected chi connectivity index (χ2v) is 9.21. The molecule has 11 nitrogen and oxygen atoms in total. The van der Waals surface area contributed by atoms with Gasteiger partial charge in [0.1, 0.15) is 5.70 Å². The Labute approximate surface area is 189 Å². The number of allylic oxidation sites excluding steroid dienone is 1. The number of amides is 2. The van der Waals surface area contributed by atoms with Crippen LogP contribution in [0, 0.1) is 0 Å². The molecule has 0 bridgehead atoms. The van der Waals surface area contributed by atoms with Crippen LogP contribution in [0.15, 0.2) is 57.2 Å². The molecular formula is C21H20N4O7S. The Hall–Kier alpha value is -3.80. The molecule has 2 amide bonds. The number of rotatable bonds is 3. The second-order valence-electron chi connectivity index (χ2n) is 7.58. The van der Waals surface area contributed by atoms with Gasteiger partial charge in [-0.25, -0.2) is 4.31 Å². The summed E-state index contributed by atoms with van der Waals surface area (Å²) in [5.41, 5.74) is 0.583. The van der Waals surface area contributed by atoms with Crippen molar-refractivity contribution in [1.82, 2.24) is 14.1 Å². The molecule has 172 valence electrons. The predicted molar refractivity (Wildman–Crippen MR) is 115 cm³/mol. The molecule has 1 aromatic heterocycles. The Morgan fingerprint density at radius 2 is 1.67 bits per heavy atom. The molecule has 0 spiro atoms. The number of benzene rings is 1. The predicted octanol–water partition coefficient (Wildman–Crippen LogP) is 0.856. The SMILES string of the molecule is CN1C(C(=O)N2CCN(C(=O)c3ccco3)CC2)=CC(c2ccc3c(c2)OCO3)=NS1(=O)=O. The summed E-state index contributed by atoms with van der Waals surface area (Å²) >= 11 is 0. The van der Waals surface area contributed by atoms with Crippen LogP contribution in [0.4, 0.5) is 0 Å². The van der Waals surface area contributed by atoms with Gasteiger partial charge in [0.25, 0.3) is 11.8 Å². The molecule has 0 radical (unpaired) electrons. The summed E-state index contributed by atoms with van der Waals surface area (Å²) in [5, 5.41) is 0. The number of fused-ring (bicyclic) bond motifs is 1. The average Bonchev–Trinajstić information content (AvgIpc) is 3.51. The number of furan rings is 1. The summed E-state index contributed by atoms with van der Waals surface area (Å²) in [6.07, 6.45) is 2.87. The quantitative estimate of drug-likeness (QED) is 0.649. The molecule has 5 rings (SSSR count). The number of nitrogens with zero attached hydrogens (tertiary/aromatic N) is 4. The molecule has 0 N–H and O–H groups in total. The number of carbonyl (C=O) groups is 2. The van der Waals surface area contributed by atoms with E-state index in [1.807, 2.05) is 0 Å². The van der Waals surface area contributed by atoms with Crippen LogP contribution in [-0.2, 0) is 15.0 Å². The largest absolute Gasteiger partial charge is 0.459 e. The Kier molecular flexibility index (Phi) is 5.08. The van der Waals surface area contributed by atoms with Crippen LogP contribution in [0.2, 0.25) is 0 Å². The molecule has 0 saturated carbocycles. The van der Waals surface area contributed by atoms with E-state index >= 15 is 0 Å². The first-order valence-electron chi connectivity index (χ1n) is 10.2. The third-order valence-electron chi connectivity index (χ3n) is 5.65. The molecule has 3 aliphatic heterocycles. The van der Waals surface area contributed by atoms with Crippen LogP contribution in [-0.4, -0.2) is 80.1 Å². The van der Waals surface area contributed by atoms with Gasteiger partial charge in [-0.1, -0.05) is 0 Å². The lowest BCUT2D eigenvalue weighted by Gasteiger charge is -2.36. The zero-order chi connectivity index (χ0) is 23.2. The molecule has 1 fully saturated rings. The van der Waals surface area contributed by atoms with Crippen molar-refractivity contribution in [2.75, 3.05) is 40.0 Å². The third-order valence-corrected chi connectivity index (χ3v) is 6.96. The van der Waals surface area contributed by atoms with E-state index in [0.717, 1.165) is 4.31 Å². The van der Waals surface area contributed by atoms with Gasteiger partial charge in [-0.05, 0) is 36.4 Å². The highest BCUT2D eigenvalue weighted by Gasteiger charge is 2.34. The lowest BCUT2D eigenvalue weighted by molar-refractivity contribution is -0.129. The number of likely N-dealkylation sites (N-methyl/N-ethyl adjacent to an activating group) is 1. The molecular weight excluding hydrogens is 452 g/mol. The van der Waals surface area contributed by atoms with E-state index in [1.54, 1.807) is 35.2 Å². The molecule has 1 saturated heterocycles. The van der Waals surface area contributed by atoms with Gasteiger partial charge in [-0.15, -0.1) is 4.40 Å². The van der Waals surface area contributed by atoms with Gasteiger partial charge < -0.3 is 23.7 Å². The van der Waals surface area contributed by atoms with Gasteiger partial charge in [0.2, 0.25) is 6.79 Å². The Balaban J connectivity index is 1.36. The van der Waals surface area contributed by atoms with E-state index < -0.39 is 16.1 Å². The van der Waals surface area contributed by atoms with Gasteiger partial charge in [-0.3, -0.25) is 9.59 Å². The summed E-state index contributed by atoms with van der Waals surface area (Å²) in [6.45, 7) is 1.20. The van der Waals surface area contributed by atoms with E-state index in [9.17, 15) is 18.0 Å². The van der Waals surface area contributed by atoms with Crippen LogP contribution >= 0.6 is 0 Å². The summed E-state index contributed by atoms with van der Waals surface area (Å²) < 4.78 is 45.9. The van der Waals surface area contributed by atoms with Gasteiger partial charge in [0, 0.05) is 38.8 Å². The van der Waals surface area contributed by atoms with Crippen molar-refractivity contribution in [2.45, 2.75) is 0 Å².